The first-order chi connectivity index (χ1) is 9.56. The summed E-state index contributed by atoms with van der Waals surface area (Å²) >= 11 is 1.94. The maximum Gasteiger partial charge on any atom is 0.161 e. The molecule has 3 nitrogen and oxygen atoms in total. The van der Waals surface area contributed by atoms with E-state index in [9.17, 15) is 5.11 Å². The van der Waals surface area contributed by atoms with Gasteiger partial charge < -0.3 is 14.6 Å². The highest BCUT2D eigenvalue weighted by atomic mass is 32.2. The zero-order chi connectivity index (χ0) is 14.6. The molecule has 1 heterocycles. The van der Waals surface area contributed by atoms with Crippen molar-refractivity contribution in [3.05, 3.63) is 23.8 Å². The highest BCUT2D eigenvalue weighted by Crippen LogP contribution is 2.35. The quantitative estimate of drug-likeness (QED) is 0.905. The summed E-state index contributed by atoms with van der Waals surface area (Å²) in [7, 11) is 1.66. The highest BCUT2D eigenvalue weighted by Gasteiger charge is 2.23. The predicted octanol–water partition coefficient (Wildman–Crippen LogP) is 3.24. The number of hydrogen-bond acceptors (Lipinski definition) is 4. The minimum Gasteiger partial charge on any atom is -0.493 e. The van der Waals surface area contributed by atoms with Gasteiger partial charge in [0.2, 0.25) is 0 Å². The van der Waals surface area contributed by atoms with E-state index in [2.05, 4.69) is 0 Å². The first-order valence-corrected chi connectivity index (χ1v) is 8.26. The van der Waals surface area contributed by atoms with Crippen LogP contribution in [0, 0.1) is 0 Å². The molecule has 1 unspecified atom stereocenters. The van der Waals surface area contributed by atoms with Crippen LogP contribution in [-0.2, 0) is 5.41 Å². The number of aliphatic hydroxyl groups excluding tert-OH is 1. The van der Waals surface area contributed by atoms with Gasteiger partial charge in [-0.05, 0) is 36.3 Å². The van der Waals surface area contributed by atoms with Crippen LogP contribution in [0.5, 0.6) is 11.5 Å². The number of rotatable bonds is 5. The Morgan fingerprint density at radius 1 is 1.35 bits per heavy atom. The molecule has 2 rings (SSSR count). The lowest BCUT2D eigenvalue weighted by Crippen LogP contribution is -2.25. The van der Waals surface area contributed by atoms with Crippen LogP contribution < -0.4 is 9.47 Å². The number of ether oxygens (including phenoxy) is 2. The van der Waals surface area contributed by atoms with E-state index in [1.807, 2.05) is 43.8 Å². The fourth-order valence-electron chi connectivity index (χ4n) is 2.26. The monoisotopic (exact) mass is 296 g/mol. The zero-order valence-electron chi connectivity index (χ0n) is 12.5. The fourth-order valence-corrected chi connectivity index (χ4v) is 3.30. The van der Waals surface area contributed by atoms with Crippen LogP contribution in [0.15, 0.2) is 18.2 Å². The van der Waals surface area contributed by atoms with Gasteiger partial charge in [0.05, 0.1) is 13.7 Å². The molecule has 20 heavy (non-hydrogen) atoms. The largest absolute Gasteiger partial charge is 0.493 e. The molecular weight excluding hydrogens is 272 g/mol. The first kappa shape index (κ1) is 15.5. The fraction of sp³-hybridized carbons (Fsp3) is 0.625. The average Bonchev–Trinajstić information content (AvgIpc) is 2.48. The van der Waals surface area contributed by atoms with Gasteiger partial charge in [-0.1, -0.05) is 19.9 Å². The van der Waals surface area contributed by atoms with Crippen LogP contribution >= 0.6 is 11.8 Å². The zero-order valence-corrected chi connectivity index (χ0v) is 13.3. The SMILES string of the molecule is COc1ccc(C(C)(C)CO)cc1OC1CCCSC1. The Kier molecular flexibility index (Phi) is 5.22. The minimum absolute atomic E-state index is 0.109. The molecule has 0 radical (unpaired) electrons. The molecule has 0 saturated carbocycles. The first-order valence-electron chi connectivity index (χ1n) is 7.10. The second kappa shape index (κ2) is 6.72. The van der Waals surface area contributed by atoms with Crippen molar-refractivity contribution in [1.82, 2.24) is 0 Å². The van der Waals surface area contributed by atoms with Gasteiger partial charge in [0.25, 0.3) is 0 Å². The van der Waals surface area contributed by atoms with E-state index < -0.39 is 0 Å². The molecule has 1 aromatic carbocycles. The Morgan fingerprint density at radius 2 is 2.15 bits per heavy atom. The van der Waals surface area contributed by atoms with E-state index >= 15 is 0 Å². The standard InChI is InChI=1S/C16H24O3S/c1-16(2,11-17)12-6-7-14(18-3)15(9-12)19-13-5-4-8-20-10-13/h6-7,9,13,17H,4-5,8,10-11H2,1-3H3. The lowest BCUT2D eigenvalue weighted by molar-refractivity contribution is 0.199. The van der Waals surface area contributed by atoms with Crippen molar-refractivity contribution in [1.29, 1.82) is 0 Å². The molecule has 0 aromatic heterocycles. The van der Waals surface area contributed by atoms with Gasteiger partial charge in [-0.3, -0.25) is 0 Å². The second-order valence-corrected chi connectivity index (χ2v) is 7.01. The number of thioether (sulfide) groups is 1. The van der Waals surface area contributed by atoms with Gasteiger partial charge in [0.15, 0.2) is 11.5 Å². The predicted molar refractivity (Wildman–Crippen MR) is 84.1 cm³/mol. The molecule has 4 heteroatoms. The number of aliphatic hydroxyl groups is 1. The molecule has 0 amide bonds. The van der Waals surface area contributed by atoms with Crippen molar-refractivity contribution >= 4 is 11.8 Å². The van der Waals surface area contributed by atoms with Crippen LogP contribution in [0.2, 0.25) is 0 Å². The molecule has 0 aliphatic carbocycles. The Hall–Kier alpha value is -0.870. The van der Waals surface area contributed by atoms with E-state index in [-0.39, 0.29) is 18.1 Å². The van der Waals surface area contributed by atoms with Gasteiger partial charge in [-0.2, -0.15) is 11.8 Å². The third-order valence-corrected chi connectivity index (χ3v) is 4.94. The van der Waals surface area contributed by atoms with Gasteiger partial charge in [-0.25, -0.2) is 0 Å². The van der Waals surface area contributed by atoms with Gasteiger partial charge >= 0.3 is 0 Å². The van der Waals surface area contributed by atoms with E-state index in [4.69, 9.17) is 9.47 Å². The lowest BCUT2D eigenvalue weighted by atomic mass is 9.85. The topological polar surface area (TPSA) is 38.7 Å². The molecule has 1 atom stereocenters. The summed E-state index contributed by atoms with van der Waals surface area (Å²) in [5.41, 5.74) is 0.797. The molecule has 0 bridgehead atoms. The van der Waals surface area contributed by atoms with Crippen LogP contribution in [0.25, 0.3) is 0 Å². The third-order valence-electron chi connectivity index (χ3n) is 3.75. The van der Waals surface area contributed by atoms with E-state index in [0.29, 0.717) is 0 Å². The summed E-state index contributed by atoms with van der Waals surface area (Å²) in [5.74, 6) is 3.82. The molecule has 1 saturated heterocycles. The van der Waals surface area contributed by atoms with Crippen LogP contribution in [0.4, 0.5) is 0 Å². The summed E-state index contributed by atoms with van der Waals surface area (Å²) in [6.07, 6.45) is 2.57. The number of hydrogen-bond donors (Lipinski definition) is 1. The van der Waals surface area contributed by atoms with Crippen molar-refractivity contribution in [2.45, 2.75) is 38.2 Å². The molecule has 1 N–H and O–H groups in total. The molecule has 1 aliphatic heterocycles. The summed E-state index contributed by atoms with van der Waals surface area (Å²) in [5, 5.41) is 9.51. The Bertz CT molecular complexity index is 439. The van der Waals surface area contributed by atoms with Gasteiger partial charge in [0, 0.05) is 11.2 Å². The molecule has 1 fully saturated rings. The Labute approximate surface area is 125 Å². The van der Waals surface area contributed by atoms with Crippen LogP contribution in [0.3, 0.4) is 0 Å². The lowest BCUT2D eigenvalue weighted by Gasteiger charge is -2.26. The van der Waals surface area contributed by atoms with Crippen LogP contribution in [0.1, 0.15) is 32.3 Å². The smallest absolute Gasteiger partial charge is 0.161 e. The summed E-state index contributed by atoms with van der Waals surface area (Å²) in [4.78, 5) is 0. The average molecular weight is 296 g/mol. The molecular formula is C16H24O3S. The number of methoxy groups -OCH3 is 1. The Morgan fingerprint density at radius 3 is 2.75 bits per heavy atom. The summed E-state index contributed by atoms with van der Waals surface area (Å²) in [6.45, 7) is 4.15. The maximum atomic E-state index is 9.51. The van der Waals surface area contributed by atoms with Crippen molar-refractivity contribution < 1.29 is 14.6 Å². The second-order valence-electron chi connectivity index (χ2n) is 5.86. The third kappa shape index (κ3) is 3.61. The maximum absolute atomic E-state index is 9.51. The van der Waals surface area contributed by atoms with Crippen molar-refractivity contribution in [3.63, 3.8) is 0 Å². The molecule has 112 valence electrons. The summed E-state index contributed by atoms with van der Waals surface area (Å²) in [6, 6.07) is 5.93. The van der Waals surface area contributed by atoms with Crippen molar-refractivity contribution in [2.75, 3.05) is 25.2 Å². The van der Waals surface area contributed by atoms with Gasteiger partial charge in [-0.15, -0.1) is 0 Å². The molecule has 0 spiro atoms. The van der Waals surface area contributed by atoms with Crippen molar-refractivity contribution in [3.8, 4) is 11.5 Å². The highest BCUT2D eigenvalue weighted by molar-refractivity contribution is 7.99. The van der Waals surface area contributed by atoms with E-state index in [1.54, 1.807) is 7.11 Å². The molecule has 1 aromatic rings. The van der Waals surface area contributed by atoms with E-state index in [1.165, 1.54) is 12.2 Å². The number of benzene rings is 1. The Balaban J connectivity index is 2.22. The van der Waals surface area contributed by atoms with Crippen LogP contribution in [-0.4, -0.2) is 36.4 Å². The molecule has 1 aliphatic rings. The summed E-state index contributed by atoms with van der Waals surface area (Å²) < 4.78 is 11.5. The van der Waals surface area contributed by atoms with Crippen molar-refractivity contribution in [2.24, 2.45) is 0 Å². The normalized spacial score (nSPS) is 19.7. The minimum atomic E-state index is -0.272. The van der Waals surface area contributed by atoms with E-state index in [0.717, 1.165) is 29.2 Å². The van der Waals surface area contributed by atoms with Gasteiger partial charge in [0.1, 0.15) is 6.10 Å².